The molecule has 0 spiro atoms. The zero-order valence-electron chi connectivity index (χ0n) is 8.59. The van der Waals surface area contributed by atoms with E-state index in [1.165, 1.54) is 0 Å². The average molecular weight is 193 g/mol. The molecule has 0 fully saturated rings. The molecular formula is C7H17N2O2P. The number of ether oxygens (including phenoxy) is 1. The Labute approximate surface area is 77.2 Å². The quantitative estimate of drug-likeness (QED) is 0.512. The number of rotatable bonds is 5. The van der Waals surface area contributed by atoms with Crippen LogP contribution in [0.4, 0.5) is 0 Å². The van der Waals surface area contributed by atoms with Gasteiger partial charge < -0.3 is 10.1 Å². The lowest BCUT2D eigenvalue weighted by atomic mass is 10.3. The number of amides is 1. The Balaban J connectivity index is 0. The fraction of sp³-hybridized carbons (Fsp3) is 0.857. The van der Waals surface area contributed by atoms with Crippen LogP contribution in [-0.4, -0.2) is 26.2 Å². The molecule has 0 aliphatic carbocycles. The Morgan fingerprint density at radius 1 is 1.83 bits per heavy atom. The second-order valence-corrected chi connectivity index (χ2v) is 1.97. The van der Waals surface area contributed by atoms with Gasteiger partial charge >= 0.3 is 0 Å². The maximum absolute atomic E-state index is 10.6. The van der Waals surface area contributed by atoms with Crippen molar-refractivity contribution >= 4 is 14.9 Å². The summed E-state index contributed by atoms with van der Waals surface area (Å²) < 4.78 is 10.8. The molecule has 0 aromatic carbocycles. The van der Waals surface area contributed by atoms with E-state index in [1.54, 1.807) is 7.05 Å². The summed E-state index contributed by atoms with van der Waals surface area (Å²) in [5.41, 5.74) is 0. The van der Waals surface area contributed by atoms with E-state index in [1.807, 2.05) is 6.92 Å². The predicted octanol–water partition coefficient (Wildman–Crippen LogP) is 1.44. The molecular weight excluding hydrogens is 175 g/mol. The molecule has 4 nitrogen and oxygen atoms in total. The van der Waals surface area contributed by atoms with Gasteiger partial charge in [0.1, 0.15) is 0 Å². The van der Waals surface area contributed by atoms with E-state index >= 15 is 0 Å². The van der Waals surface area contributed by atoms with Crippen LogP contribution < -0.4 is 5.32 Å². The van der Waals surface area contributed by atoms with Crippen molar-refractivity contribution in [2.24, 2.45) is 0 Å². The van der Waals surface area contributed by atoms with E-state index in [2.05, 4.69) is 19.5 Å². The average Bonchev–Trinajstić information content (AvgIpc) is 2.13. The molecule has 0 aliphatic heterocycles. The first-order valence-electron chi connectivity index (χ1n) is 4.26. The maximum Gasteiger partial charge on any atom is 0.219 e. The Kier molecular flexibility index (Phi) is 12.6. The molecule has 0 radical (unpaired) electrons. The van der Waals surface area contributed by atoms with Crippen molar-refractivity contribution in [3.63, 3.8) is 0 Å². The van der Waals surface area contributed by atoms with Gasteiger partial charge in [-0.05, 0) is 22.4 Å². The van der Waals surface area contributed by atoms with E-state index in [9.17, 15) is 4.79 Å². The number of carbonyl (C=O) groups is 1. The number of nitrogens with one attached hydrogen (secondary N) is 2. The van der Waals surface area contributed by atoms with Crippen LogP contribution in [0.1, 0.15) is 19.8 Å². The Morgan fingerprint density at radius 3 is 2.83 bits per heavy atom. The van der Waals surface area contributed by atoms with Gasteiger partial charge in [-0.25, -0.2) is 0 Å². The second-order valence-electron chi connectivity index (χ2n) is 1.97. The van der Waals surface area contributed by atoms with Gasteiger partial charge in [0.2, 0.25) is 5.91 Å². The Bertz CT molecular complexity index is 136. The van der Waals surface area contributed by atoms with Gasteiger partial charge in [0.25, 0.3) is 0 Å². The SMILES string of the molecule is CCOCCCC(=O)NC.[2H]N=P. The van der Waals surface area contributed by atoms with Crippen molar-refractivity contribution in [3.05, 3.63) is 0 Å². The van der Waals surface area contributed by atoms with Gasteiger partial charge in [-0.3, -0.25) is 9.95 Å². The van der Waals surface area contributed by atoms with Crippen molar-refractivity contribution in [1.82, 2.24) is 5.32 Å². The monoisotopic (exact) mass is 193 g/mol. The molecule has 1 amide bonds. The van der Waals surface area contributed by atoms with Crippen molar-refractivity contribution in [2.45, 2.75) is 19.8 Å². The normalized spacial score (nSPS) is 9.00. The minimum atomic E-state index is 0.0831. The first-order valence-corrected chi connectivity index (χ1v) is 4.26. The van der Waals surface area contributed by atoms with Crippen LogP contribution in [0.15, 0.2) is 0 Å². The summed E-state index contributed by atoms with van der Waals surface area (Å²) in [6, 6.07) is 0. The van der Waals surface area contributed by atoms with Crippen LogP contribution >= 0.6 is 9.03 Å². The van der Waals surface area contributed by atoms with E-state index < -0.39 is 0 Å². The standard InChI is InChI=1S/C7H15NO2.H2NP/c1-3-10-6-4-5-7(9)8-2;1-2/h3-6H2,1-2H3,(H,8,9);1-2H/i/hD. The summed E-state index contributed by atoms with van der Waals surface area (Å²) in [5.74, 6) is 0.0831. The maximum atomic E-state index is 10.6. The summed E-state index contributed by atoms with van der Waals surface area (Å²) in [6.45, 7) is 3.36. The lowest BCUT2D eigenvalue weighted by molar-refractivity contribution is -0.120. The van der Waals surface area contributed by atoms with Gasteiger partial charge in [0.05, 0.1) is 0 Å². The van der Waals surface area contributed by atoms with Gasteiger partial charge in [0, 0.05) is 26.7 Å². The molecule has 0 atom stereocenters. The molecule has 0 aromatic heterocycles. The minimum Gasteiger partial charge on any atom is -0.382 e. The van der Waals surface area contributed by atoms with E-state index in [0.717, 1.165) is 13.0 Å². The first-order chi connectivity index (χ1) is 6.22. The third kappa shape index (κ3) is 12.2. The van der Waals surface area contributed by atoms with Crippen LogP contribution in [-0.2, 0) is 9.53 Å². The lowest BCUT2D eigenvalue weighted by Crippen LogP contribution is -2.17. The molecule has 2 N–H and O–H groups in total. The Hall–Kier alpha value is -0.470. The molecule has 0 saturated carbocycles. The number of carbonyl (C=O) groups excluding carboxylic acids is 1. The highest BCUT2D eigenvalue weighted by molar-refractivity contribution is 7.02. The van der Waals surface area contributed by atoms with E-state index in [-0.39, 0.29) is 5.91 Å². The molecule has 0 aromatic rings. The van der Waals surface area contributed by atoms with Gasteiger partial charge in [0.15, 0.2) is 1.41 Å². The van der Waals surface area contributed by atoms with Crippen LogP contribution in [0.25, 0.3) is 0 Å². The smallest absolute Gasteiger partial charge is 0.219 e. The van der Waals surface area contributed by atoms with Gasteiger partial charge in [-0.2, -0.15) is 0 Å². The summed E-state index contributed by atoms with van der Waals surface area (Å²) in [4.78, 5) is 10.6. The second kappa shape index (κ2) is 13.1. The lowest BCUT2D eigenvalue weighted by Gasteiger charge is -1.99. The molecule has 0 heterocycles. The van der Waals surface area contributed by atoms with Gasteiger partial charge in [-0.15, -0.1) is 0 Å². The molecule has 0 unspecified atom stereocenters. The molecule has 0 rings (SSSR count). The van der Waals surface area contributed by atoms with Crippen LogP contribution in [0, 0.1) is 5.15 Å². The molecule has 12 heavy (non-hydrogen) atoms. The first kappa shape index (κ1) is 11.5. The molecule has 72 valence electrons. The predicted molar refractivity (Wildman–Crippen MR) is 50.8 cm³/mol. The zero-order chi connectivity index (χ0) is 10.5. The van der Waals surface area contributed by atoms with Crippen molar-refractivity contribution < 1.29 is 10.9 Å². The topological polar surface area (TPSA) is 62.2 Å². The van der Waals surface area contributed by atoms with Crippen molar-refractivity contribution in [2.75, 3.05) is 20.3 Å². The summed E-state index contributed by atoms with van der Waals surface area (Å²) >= 11 is 0. The highest BCUT2D eigenvalue weighted by atomic mass is 31.0. The summed E-state index contributed by atoms with van der Waals surface area (Å²) in [5, 5.41) is 5.10. The van der Waals surface area contributed by atoms with Crippen LogP contribution in [0.5, 0.6) is 0 Å². The highest BCUT2D eigenvalue weighted by Gasteiger charge is 1.95. The third-order valence-corrected chi connectivity index (χ3v) is 1.18. The zero-order valence-corrected chi connectivity index (χ0v) is 8.59. The van der Waals surface area contributed by atoms with Crippen LogP contribution in [0.3, 0.4) is 0 Å². The van der Waals surface area contributed by atoms with E-state index in [4.69, 9.17) is 6.15 Å². The van der Waals surface area contributed by atoms with Crippen molar-refractivity contribution in [3.8, 4) is 0 Å². The number of hydrogen-bond acceptors (Lipinski definition) is 3. The molecule has 0 aliphatic rings. The van der Waals surface area contributed by atoms with Crippen molar-refractivity contribution in [1.29, 1.82) is 5.15 Å². The fourth-order valence-corrected chi connectivity index (χ4v) is 0.604. The molecule has 0 saturated heterocycles. The Morgan fingerprint density at radius 2 is 2.42 bits per heavy atom. The summed E-state index contributed by atoms with van der Waals surface area (Å²) in [7, 11) is 4.12. The molecule has 0 bridgehead atoms. The minimum absolute atomic E-state index is 0.0831. The number of hydrogen-bond donors (Lipinski definition) is 2. The third-order valence-electron chi connectivity index (χ3n) is 1.18. The van der Waals surface area contributed by atoms with Gasteiger partial charge in [-0.1, -0.05) is 0 Å². The molecule has 5 heteroatoms. The highest BCUT2D eigenvalue weighted by Crippen LogP contribution is 1.88. The largest absolute Gasteiger partial charge is 0.382 e. The van der Waals surface area contributed by atoms with E-state index in [0.29, 0.717) is 13.0 Å². The fourth-order valence-electron chi connectivity index (χ4n) is 0.604. The summed E-state index contributed by atoms with van der Waals surface area (Å²) in [6.07, 6.45) is 1.38. The van der Waals surface area contributed by atoms with Crippen LogP contribution in [0.2, 0.25) is 1.41 Å².